The highest BCUT2D eigenvalue weighted by atomic mass is 35.5. The fourth-order valence-corrected chi connectivity index (χ4v) is 1.44. The second kappa shape index (κ2) is 6.36. The summed E-state index contributed by atoms with van der Waals surface area (Å²) in [6.45, 7) is 1.61. The van der Waals surface area contributed by atoms with Crippen LogP contribution < -0.4 is 5.73 Å². The molecule has 0 saturated heterocycles. The topological polar surface area (TPSA) is 46.2 Å². The number of nitrogens with two attached hydrogens (primary N) is 1. The average Bonchev–Trinajstić information content (AvgIpc) is 2.26. The second-order valence-corrected chi connectivity index (χ2v) is 3.74. The quantitative estimate of drug-likeness (QED) is 0.840. The minimum Gasteiger partial charge on any atom is -0.391 e. The number of alkyl halides is 3. The van der Waals surface area contributed by atoms with Gasteiger partial charge in [0.05, 0.1) is 17.7 Å². The van der Waals surface area contributed by atoms with Crippen molar-refractivity contribution in [1.29, 1.82) is 0 Å². The van der Waals surface area contributed by atoms with Crippen LogP contribution in [0.3, 0.4) is 0 Å². The molecule has 3 N–H and O–H groups in total. The first-order valence-electron chi connectivity index (χ1n) is 5.07. The van der Waals surface area contributed by atoms with Crippen LogP contribution >= 0.6 is 12.4 Å². The maximum absolute atomic E-state index is 13.3. The summed E-state index contributed by atoms with van der Waals surface area (Å²) in [6, 6.07) is 0.825. The Morgan fingerprint density at radius 3 is 2.33 bits per heavy atom. The zero-order chi connectivity index (χ0) is 13.2. The maximum atomic E-state index is 13.3. The van der Waals surface area contributed by atoms with Crippen LogP contribution in [0.4, 0.5) is 17.6 Å². The van der Waals surface area contributed by atoms with E-state index in [9.17, 15) is 22.7 Å². The van der Waals surface area contributed by atoms with Gasteiger partial charge in [-0.1, -0.05) is 6.92 Å². The van der Waals surface area contributed by atoms with Crippen LogP contribution in [-0.4, -0.2) is 11.2 Å². The summed E-state index contributed by atoms with van der Waals surface area (Å²) in [7, 11) is 0. The van der Waals surface area contributed by atoms with E-state index in [1.165, 1.54) is 0 Å². The van der Waals surface area contributed by atoms with Gasteiger partial charge in [0.2, 0.25) is 0 Å². The molecule has 2 nitrogen and oxygen atoms in total. The molecule has 0 radical (unpaired) electrons. The molecule has 1 rings (SSSR count). The van der Waals surface area contributed by atoms with Crippen molar-refractivity contribution >= 4 is 12.4 Å². The third kappa shape index (κ3) is 3.83. The van der Waals surface area contributed by atoms with E-state index in [1.54, 1.807) is 6.92 Å². The van der Waals surface area contributed by atoms with Gasteiger partial charge in [0.25, 0.3) is 0 Å². The van der Waals surface area contributed by atoms with Crippen molar-refractivity contribution in [3.05, 3.63) is 35.1 Å². The van der Waals surface area contributed by atoms with E-state index >= 15 is 0 Å². The summed E-state index contributed by atoms with van der Waals surface area (Å²) in [6.07, 6.45) is -5.40. The van der Waals surface area contributed by atoms with Crippen molar-refractivity contribution in [2.75, 3.05) is 0 Å². The Morgan fingerprint density at radius 2 is 1.89 bits per heavy atom. The predicted molar refractivity (Wildman–Crippen MR) is 61.9 cm³/mol. The zero-order valence-corrected chi connectivity index (χ0v) is 10.4. The number of benzene rings is 1. The van der Waals surface area contributed by atoms with Gasteiger partial charge in [-0.05, 0) is 24.6 Å². The lowest BCUT2D eigenvalue weighted by molar-refractivity contribution is -0.137. The van der Waals surface area contributed by atoms with Gasteiger partial charge in [0.1, 0.15) is 5.82 Å². The van der Waals surface area contributed by atoms with E-state index in [0.29, 0.717) is 18.2 Å². The highest BCUT2D eigenvalue weighted by Crippen LogP contribution is 2.32. The van der Waals surface area contributed by atoms with Gasteiger partial charge in [-0.2, -0.15) is 13.2 Å². The van der Waals surface area contributed by atoms with Crippen LogP contribution in [0.5, 0.6) is 0 Å². The number of aliphatic hydroxyl groups excluding tert-OH is 1. The molecule has 0 aliphatic carbocycles. The van der Waals surface area contributed by atoms with Crippen LogP contribution in [0.1, 0.15) is 30.5 Å². The molecule has 0 fully saturated rings. The summed E-state index contributed by atoms with van der Waals surface area (Å²) in [5, 5.41) is 9.43. The lowest BCUT2D eigenvalue weighted by Gasteiger charge is -2.19. The molecule has 0 aliphatic rings. The minimum absolute atomic E-state index is 0. The summed E-state index contributed by atoms with van der Waals surface area (Å²) < 4.78 is 50.6. The van der Waals surface area contributed by atoms with Gasteiger partial charge in [-0.3, -0.25) is 0 Å². The van der Waals surface area contributed by atoms with Gasteiger partial charge in [0.15, 0.2) is 0 Å². The van der Waals surface area contributed by atoms with Gasteiger partial charge in [0, 0.05) is 5.56 Å². The Kier molecular flexibility index (Phi) is 6.06. The van der Waals surface area contributed by atoms with Gasteiger partial charge >= 0.3 is 6.18 Å². The van der Waals surface area contributed by atoms with E-state index in [2.05, 4.69) is 0 Å². The zero-order valence-electron chi connectivity index (χ0n) is 9.54. The maximum Gasteiger partial charge on any atom is 0.416 e. The highest BCUT2D eigenvalue weighted by molar-refractivity contribution is 5.85. The third-order valence-corrected chi connectivity index (χ3v) is 2.52. The van der Waals surface area contributed by atoms with Crippen LogP contribution in [0.25, 0.3) is 0 Å². The second-order valence-electron chi connectivity index (χ2n) is 3.74. The first-order chi connectivity index (χ1) is 7.77. The lowest BCUT2D eigenvalue weighted by Crippen LogP contribution is -2.26. The fraction of sp³-hybridized carbons (Fsp3) is 0.455. The molecular formula is C11H14ClF4NO. The molecule has 104 valence electrons. The molecule has 7 heteroatoms. The first kappa shape index (κ1) is 17.2. The number of rotatable bonds is 3. The van der Waals surface area contributed by atoms with Gasteiger partial charge in [-0.15, -0.1) is 12.4 Å². The molecule has 0 aromatic heterocycles. The SMILES string of the molecule is CC[C@@H](O)[C@@H](N)c1cc(C(F)(F)F)ccc1F.Cl. The minimum atomic E-state index is -4.56. The summed E-state index contributed by atoms with van der Waals surface area (Å²) in [5.41, 5.74) is 4.20. The molecule has 0 unspecified atom stereocenters. The van der Waals surface area contributed by atoms with E-state index in [-0.39, 0.29) is 24.4 Å². The van der Waals surface area contributed by atoms with Crippen LogP contribution in [-0.2, 0) is 6.18 Å². The Balaban J connectivity index is 0.00000289. The van der Waals surface area contributed by atoms with E-state index < -0.39 is 29.7 Å². The first-order valence-corrected chi connectivity index (χ1v) is 5.07. The lowest BCUT2D eigenvalue weighted by atomic mass is 9.98. The van der Waals surface area contributed by atoms with Crippen molar-refractivity contribution in [1.82, 2.24) is 0 Å². The Bertz CT molecular complexity index is 397. The molecule has 18 heavy (non-hydrogen) atoms. The molecular weight excluding hydrogens is 274 g/mol. The molecule has 1 aromatic carbocycles. The monoisotopic (exact) mass is 287 g/mol. The highest BCUT2D eigenvalue weighted by Gasteiger charge is 2.32. The summed E-state index contributed by atoms with van der Waals surface area (Å²) >= 11 is 0. The molecule has 2 atom stereocenters. The van der Waals surface area contributed by atoms with E-state index in [1.807, 2.05) is 0 Å². The molecule has 0 bridgehead atoms. The largest absolute Gasteiger partial charge is 0.416 e. The summed E-state index contributed by atoms with van der Waals surface area (Å²) in [4.78, 5) is 0. The fourth-order valence-electron chi connectivity index (χ4n) is 1.44. The number of aliphatic hydroxyl groups is 1. The van der Waals surface area contributed by atoms with Gasteiger partial charge in [-0.25, -0.2) is 4.39 Å². The standard InChI is InChI=1S/C11H13F4NO.ClH/c1-2-9(17)10(16)7-5-6(11(13,14)15)3-4-8(7)12;/h3-5,9-10,17H,2,16H2,1H3;1H/t9-,10+;/m1./s1. The van der Waals surface area contributed by atoms with Crippen molar-refractivity contribution in [2.24, 2.45) is 5.73 Å². The predicted octanol–water partition coefficient (Wildman–Crippen LogP) is 3.04. The van der Waals surface area contributed by atoms with E-state index in [4.69, 9.17) is 5.73 Å². The van der Waals surface area contributed by atoms with Crippen molar-refractivity contribution in [2.45, 2.75) is 31.7 Å². The van der Waals surface area contributed by atoms with Crippen LogP contribution in [0, 0.1) is 5.82 Å². The van der Waals surface area contributed by atoms with Gasteiger partial charge < -0.3 is 10.8 Å². The number of hydrogen-bond donors (Lipinski definition) is 2. The molecule has 0 amide bonds. The van der Waals surface area contributed by atoms with Crippen LogP contribution in [0.15, 0.2) is 18.2 Å². The Morgan fingerprint density at radius 1 is 1.33 bits per heavy atom. The van der Waals surface area contributed by atoms with Crippen LogP contribution in [0.2, 0.25) is 0 Å². The normalized spacial score (nSPS) is 14.8. The third-order valence-electron chi connectivity index (χ3n) is 2.52. The Labute approximate surface area is 108 Å². The average molecular weight is 288 g/mol. The summed E-state index contributed by atoms with van der Waals surface area (Å²) in [5.74, 6) is -0.849. The number of hydrogen-bond acceptors (Lipinski definition) is 2. The smallest absolute Gasteiger partial charge is 0.391 e. The van der Waals surface area contributed by atoms with Crippen molar-refractivity contribution in [3.8, 4) is 0 Å². The molecule has 0 heterocycles. The molecule has 0 aliphatic heterocycles. The Hall–Kier alpha value is -0.850. The number of halogens is 5. The molecule has 1 aromatic rings. The van der Waals surface area contributed by atoms with Crippen molar-refractivity contribution in [3.63, 3.8) is 0 Å². The van der Waals surface area contributed by atoms with Crippen molar-refractivity contribution < 1.29 is 22.7 Å². The van der Waals surface area contributed by atoms with E-state index in [0.717, 1.165) is 0 Å². The molecule has 0 spiro atoms. The molecule has 0 saturated carbocycles.